The molecule has 0 aliphatic heterocycles. The van der Waals surface area contributed by atoms with Crippen LogP contribution in [0, 0.1) is 6.92 Å². The first-order valence-corrected chi connectivity index (χ1v) is 8.85. The van der Waals surface area contributed by atoms with E-state index < -0.39 is 24.4 Å². The van der Waals surface area contributed by atoms with E-state index in [-0.39, 0.29) is 6.61 Å². The maximum Gasteiger partial charge on any atom is 0.344 e. The van der Waals surface area contributed by atoms with Gasteiger partial charge in [-0.05, 0) is 60.4 Å². The maximum atomic E-state index is 11.8. The monoisotopic (exact) mass is 384 g/mol. The van der Waals surface area contributed by atoms with Gasteiger partial charge in [-0.25, -0.2) is 4.79 Å². The number of benzene rings is 2. The molecule has 148 valence electrons. The fourth-order valence-electron chi connectivity index (χ4n) is 2.63. The van der Waals surface area contributed by atoms with E-state index in [0.29, 0.717) is 22.9 Å². The molecule has 0 saturated carbocycles. The van der Waals surface area contributed by atoms with Crippen LogP contribution < -0.4 is 15.8 Å². The Balaban J connectivity index is 1.76. The van der Waals surface area contributed by atoms with Gasteiger partial charge in [0.2, 0.25) is 5.91 Å². The second kappa shape index (κ2) is 9.55. The number of carbonyl (C=O) groups excluding carboxylic acids is 3. The van der Waals surface area contributed by atoms with Crippen LogP contribution in [0.1, 0.15) is 41.3 Å². The van der Waals surface area contributed by atoms with Crippen molar-refractivity contribution in [1.29, 1.82) is 0 Å². The zero-order valence-electron chi connectivity index (χ0n) is 16.2. The van der Waals surface area contributed by atoms with Crippen molar-refractivity contribution >= 4 is 23.5 Å². The lowest BCUT2D eigenvalue weighted by atomic mass is 9.98. The topological polar surface area (TPSA) is 108 Å². The summed E-state index contributed by atoms with van der Waals surface area (Å²) in [6.45, 7) is 5.47. The SMILES string of the molecule is Cc1cc(OCC(=O)OCC(=O)Nc2ccc(C(N)=O)cc2)ccc1C(C)C. The molecular formula is C21H24N2O5. The summed E-state index contributed by atoms with van der Waals surface area (Å²) < 4.78 is 10.3. The molecule has 0 atom stereocenters. The highest BCUT2D eigenvalue weighted by Gasteiger charge is 2.10. The molecule has 2 aromatic carbocycles. The lowest BCUT2D eigenvalue weighted by Gasteiger charge is -2.12. The number of nitrogens with one attached hydrogen (secondary N) is 1. The summed E-state index contributed by atoms with van der Waals surface area (Å²) >= 11 is 0. The molecule has 0 radical (unpaired) electrons. The van der Waals surface area contributed by atoms with E-state index in [2.05, 4.69) is 19.2 Å². The van der Waals surface area contributed by atoms with Crippen LogP contribution in [0.15, 0.2) is 42.5 Å². The van der Waals surface area contributed by atoms with Crippen molar-refractivity contribution in [2.24, 2.45) is 5.73 Å². The van der Waals surface area contributed by atoms with Crippen molar-refractivity contribution in [2.45, 2.75) is 26.7 Å². The Labute approximate surface area is 163 Å². The first-order chi connectivity index (χ1) is 13.3. The molecule has 2 amide bonds. The third-order valence-electron chi connectivity index (χ3n) is 4.04. The minimum Gasteiger partial charge on any atom is -0.482 e. The molecule has 7 nitrogen and oxygen atoms in total. The molecule has 0 aliphatic carbocycles. The minimum absolute atomic E-state index is 0.291. The third kappa shape index (κ3) is 6.12. The Bertz CT molecular complexity index is 860. The number of ether oxygens (including phenoxy) is 2. The molecule has 0 spiro atoms. The summed E-state index contributed by atoms with van der Waals surface area (Å²) in [5, 5.41) is 2.55. The Hall–Kier alpha value is -3.35. The lowest BCUT2D eigenvalue weighted by Crippen LogP contribution is -2.23. The largest absolute Gasteiger partial charge is 0.482 e. The van der Waals surface area contributed by atoms with Gasteiger partial charge in [-0.15, -0.1) is 0 Å². The standard InChI is InChI=1S/C21H24N2O5/c1-13(2)18-9-8-17(10-14(18)3)27-12-20(25)28-11-19(24)23-16-6-4-15(5-7-16)21(22)26/h4-10,13H,11-12H2,1-3H3,(H2,22,26)(H,23,24). The number of amides is 2. The van der Waals surface area contributed by atoms with Crippen LogP contribution in [0.4, 0.5) is 5.69 Å². The van der Waals surface area contributed by atoms with Crippen LogP contribution in [0.25, 0.3) is 0 Å². The highest BCUT2D eigenvalue weighted by Crippen LogP contribution is 2.23. The van der Waals surface area contributed by atoms with Crippen molar-refractivity contribution in [3.8, 4) is 5.75 Å². The van der Waals surface area contributed by atoms with Gasteiger partial charge in [0.05, 0.1) is 0 Å². The van der Waals surface area contributed by atoms with Gasteiger partial charge in [0.25, 0.3) is 5.91 Å². The second-order valence-electron chi connectivity index (χ2n) is 6.61. The summed E-state index contributed by atoms with van der Waals surface area (Å²) in [4.78, 5) is 34.6. The van der Waals surface area contributed by atoms with Gasteiger partial charge in [0, 0.05) is 11.3 Å². The van der Waals surface area contributed by atoms with Gasteiger partial charge in [-0.3, -0.25) is 9.59 Å². The van der Waals surface area contributed by atoms with E-state index >= 15 is 0 Å². The Morgan fingerprint density at radius 2 is 1.71 bits per heavy atom. The Morgan fingerprint density at radius 3 is 2.29 bits per heavy atom. The highest BCUT2D eigenvalue weighted by atomic mass is 16.6. The van der Waals surface area contributed by atoms with Gasteiger partial charge >= 0.3 is 5.97 Å². The van der Waals surface area contributed by atoms with Crippen LogP contribution in [0.5, 0.6) is 5.75 Å². The molecule has 28 heavy (non-hydrogen) atoms. The molecule has 0 fully saturated rings. The number of carbonyl (C=O) groups is 3. The Morgan fingerprint density at radius 1 is 1.04 bits per heavy atom. The number of anilines is 1. The van der Waals surface area contributed by atoms with Gasteiger partial charge in [0.15, 0.2) is 13.2 Å². The van der Waals surface area contributed by atoms with Crippen LogP contribution in [-0.4, -0.2) is 31.0 Å². The molecular weight excluding hydrogens is 360 g/mol. The van der Waals surface area contributed by atoms with E-state index in [0.717, 1.165) is 5.56 Å². The molecule has 2 aromatic rings. The average Bonchev–Trinajstić information content (AvgIpc) is 2.65. The number of aryl methyl sites for hydroxylation is 1. The summed E-state index contributed by atoms with van der Waals surface area (Å²) in [5.41, 5.74) is 8.25. The Kier molecular flexibility index (Phi) is 7.14. The number of hydrogen-bond acceptors (Lipinski definition) is 5. The number of nitrogens with two attached hydrogens (primary N) is 1. The summed E-state index contributed by atoms with van der Waals surface area (Å²) in [5.74, 6) is -0.731. The van der Waals surface area contributed by atoms with E-state index in [4.69, 9.17) is 15.2 Å². The van der Waals surface area contributed by atoms with E-state index in [1.54, 1.807) is 6.07 Å². The molecule has 0 saturated heterocycles. The molecule has 0 heterocycles. The third-order valence-corrected chi connectivity index (χ3v) is 4.04. The lowest BCUT2D eigenvalue weighted by molar-refractivity contribution is -0.149. The van der Waals surface area contributed by atoms with E-state index in [1.165, 1.54) is 29.8 Å². The highest BCUT2D eigenvalue weighted by molar-refractivity contribution is 5.95. The van der Waals surface area contributed by atoms with Crippen molar-refractivity contribution < 1.29 is 23.9 Å². The molecule has 0 unspecified atom stereocenters. The van der Waals surface area contributed by atoms with Crippen LogP contribution in [0.2, 0.25) is 0 Å². The van der Waals surface area contributed by atoms with Gasteiger partial charge in [0.1, 0.15) is 5.75 Å². The number of rotatable bonds is 8. The van der Waals surface area contributed by atoms with Crippen molar-refractivity contribution in [1.82, 2.24) is 0 Å². The fraction of sp³-hybridized carbons (Fsp3) is 0.286. The first kappa shape index (κ1) is 21.0. The number of hydrogen-bond donors (Lipinski definition) is 2. The first-order valence-electron chi connectivity index (χ1n) is 8.85. The van der Waals surface area contributed by atoms with Crippen molar-refractivity contribution in [3.05, 3.63) is 59.2 Å². The van der Waals surface area contributed by atoms with Crippen molar-refractivity contribution in [3.63, 3.8) is 0 Å². The van der Waals surface area contributed by atoms with E-state index in [9.17, 15) is 14.4 Å². The zero-order chi connectivity index (χ0) is 20.7. The minimum atomic E-state index is -0.648. The van der Waals surface area contributed by atoms with Crippen LogP contribution in [-0.2, 0) is 14.3 Å². The smallest absolute Gasteiger partial charge is 0.344 e. The molecule has 0 aromatic heterocycles. The predicted octanol–water partition coefficient (Wildman–Crippen LogP) is 2.78. The molecule has 7 heteroatoms. The molecule has 3 N–H and O–H groups in total. The zero-order valence-corrected chi connectivity index (χ0v) is 16.2. The molecule has 2 rings (SSSR count). The number of primary amides is 1. The predicted molar refractivity (Wildman–Crippen MR) is 105 cm³/mol. The van der Waals surface area contributed by atoms with Crippen LogP contribution >= 0.6 is 0 Å². The van der Waals surface area contributed by atoms with Gasteiger partial charge in [-0.1, -0.05) is 19.9 Å². The molecule has 0 aliphatic rings. The summed E-state index contributed by atoms with van der Waals surface area (Å²) in [6, 6.07) is 11.7. The normalized spacial score (nSPS) is 10.4. The van der Waals surface area contributed by atoms with Gasteiger partial charge < -0.3 is 20.5 Å². The fourth-order valence-corrected chi connectivity index (χ4v) is 2.63. The molecule has 0 bridgehead atoms. The second-order valence-corrected chi connectivity index (χ2v) is 6.61. The average molecular weight is 384 g/mol. The number of esters is 1. The summed E-state index contributed by atoms with van der Waals surface area (Å²) in [7, 11) is 0. The van der Waals surface area contributed by atoms with Crippen molar-refractivity contribution in [2.75, 3.05) is 18.5 Å². The van der Waals surface area contributed by atoms with Gasteiger partial charge in [-0.2, -0.15) is 0 Å². The maximum absolute atomic E-state index is 11.8. The van der Waals surface area contributed by atoms with Crippen LogP contribution in [0.3, 0.4) is 0 Å². The quantitative estimate of drug-likeness (QED) is 0.681. The summed E-state index contributed by atoms with van der Waals surface area (Å²) in [6.07, 6.45) is 0. The van der Waals surface area contributed by atoms with E-state index in [1.807, 2.05) is 19.1 Å².